The van der Waals surface area contributed by atoms with Crippen LogP contribution in [0.4, 0.5) is 19.0 Å². The molecule has 0 saturated carbocycles. The van der Waals surface area contributed by atoms with Crippen molar-refractivity contribution in [3.05, 3.63) is 59.8 Å². The Hall–Kier alpha value is -3.04. The molecule has 0 amide bonds. The van der Waals surface area contributed by atoms with Crippen molar-refractivity contribution in [3.63, 3.8) is 0 Å². The van der Waals surface area contributed by atoms with Gasteiger partial charge in [0, 0.05) is 0 Å². The summed E-state index contributed by atoms with van der Waals surface area (Å²) in [6, 6.07) is 4.69. The van der Waals surface area contributed by atoms with Gasteiger partial charge in [0.05, 0.1) is 33.5 Å². The molecule has 0 aliphatic rings. The number of aromatic nitrogens is 3. The molecule has 2 heterocycles. The van der Waals surface area contributed by atoms with Crippen LogP contribution in [0.15, 0.2) is 23.0 Å². The van der Waals surface area contributed by atoms with Gasteiger partial charge in [-0.05, 0) is 29.5 Å². The second kappa shape index (κ2) is 8.00. The number of benzene rings is 1. The molecule has 0 aliphatic heterocycles. The zero-order valence-corrected chi connectivity index (χ0v) is 16.7. The first kappa shape index (κ1) is 21.7. The predicted octanol–water partition coefficient (Wildman–Crippen LogP) is 4.50. The number of thiazole rings is 1. The van der Waals surface area contributed by atoms with Crippen LogP contribution in [0, 0.1) is 21.4 Å². The molecule has 30 heavy (non-hydrogen) atoms. The number of rotatable bonds is 5. The van der Waals surface area contributed by atoms with Gasteiger partial charge in [-0.2, -0.15) is 18.4 Å². The van der Waals surface area contributed by atoms with Gasteiger partial charge >= 0.3 is 17.6 Å². The van der Waals surface area contributed by atoms with Crippen LogP contribution in [0.25, 0.3) is 10.2 Å². The van der Waals surface area contributed by atoms with Crippen molar-refractivity contribution in [2.45, 2.75) is 32.0 Å². The van der Waals surface area contributed by atoms with Crippen molar-refractivity contribution in [2.75, 3.05) is 0 Å². The van der Waals surface area contributed by atoms with E-state index >= 15 is 0 Å². The molecule has 2 aromatic heterocycles. The van der Waals surface area contributed by atoms with Gasteiger partial charge in [0.2, 0.25) is 0 Å². The standard InChI is InChI=1S/C17H11ClF3N5O3S/c1-2-5-25-16(27)13(18)12(14(24-25)26(28)29)9(7-22)15-23-10-6-8(17(19,20)21)3-4-11(10)30-15/h3-4,6,9H,2,5H2,1H3/t9-/m0/s1. The maximum atomic E-state index is 12.9. The van der Waals surface area contributed by atoms with Gasteiger partial charge in [0.15, 0.2) is 0 Å². The largest absolute Gasteiger partial charge is 0.416 e. The van der Waals surface area contributed by atoms with Crippen molar-refractivity contribution in [1.82, 2.24) is 14.8 Å². The first-order valence-corrected chi connectivity index (χ1v) is 9.60. The van der Waals surface area contributed by atoms with Crippen LogP contribution in [0.5, 0.6) is 0 Å². The fourth-order valence-electron chi connectivity index (χ4n) is 2.78. The molecule has 1 atom stereocenters. The molecule has 0 aliphatic carbocycles. The molecular formula is C17H11ClF3N5O3S. The van der Waals surface area contributed by atoms with E-state index in [1.807, 2.05) is 0 Å². The minimum Gasteiger partial charge on any atom is -0.358 e. The number of nitro groups is 1. The number of alkyl halides is 3. The van der Waals surface area contributed by atoms with Gasteiger partial charge in [-0.15, -0.1) is 16.0 Å². The van der Waals surface area contributed by atoms with Crippen molar-refractivity contribution in [2.24, 2.45) is 0 Å². The molecule has 8 nitrogen and oxygen atoms in total. The first-order valence-electron chi connectivity index (χ1n) is 8.40. The average molecular weight is 458 g/mol. The lowest BCUT2D eigenvalue weighted by molar-refractivity contribution is -0.391. The quantitative estimate of drug-likeness (QED) is 0.411. The zero-order valence-electron chi connectivity index (χ0n) is 15.1. The molecule has 0 unspecified atom stereocenters. The molecule has 3 aromatic rings. The van der Waals surface area contributed by atoms with E-state index in [9.17, 15) is 33.3 Å². The molecule has 0 N–H and O–H groups in total. The van der Waals surface area contributed by atoms with Crippen LogP contribution in [0.3, 0.4) is 0 Å². The average Bonchev–Trinajstić information content (AvgIpc) is 3.09. The van der Waals surface area contributed by atoms with Gasteiger partial charge in [0.25, 0.3) is 0 Å². The van der Waals surface area contributed by atoms with Crippen molar-refractivity contribution in [3.8, 4) is 6.07 Å². The van der Waals surface area contributed by atoms with Crippen LogP contribution in [-0.4, -0.2) is 19.7 Å². The summed E-state index contributed by atoms with van der Waals surface area (Å²) in [6.07, 6.45) is -4.12. The van der Waals surface area contributed by atoms with E-state index in [2.05, 4.69) is 10.1 Å². The molecule has 1 aromatic carbocycles. The Labute approximate surface area is 175 Å². The first-order chi connectivity index (χ1) is 14.1. The number of hydrogen-bond acceptors (Lipinski definition) is 7. The Morgan fingerprint density at radius 2 is 2.13 bits per heavy atom. The van der Waals surface area contributed by atoms with Crippen LogP contribution >= 0.6 is 22.9 Å². The molecule has 0 bridgehead atoms. The molecule has 0 radical (unpaired) electrons. The maximum Gasteiger partial charge on any atom is 0.416 e. The summed E-state index contributed by atoms with van der Waals surface area (Å²) >= 11 is 6.96. The summed E-state index contributed by atoms with van der Waals surface area (Å²) in [5, 5.41) is 24.3. The fraction of sp³-hybridized carbons (Fsp3) is 0.294. The minimum absolute atomic E-state index is 0.0314. The van der Waals surface area contributed by atoms with E-state index in [1.165, 1.54) is 6.07 Å². The number of fused-ring (bicyclic) bond motifs is 1. The Bertz CT molecular complexity index is 1250. The summed E-state index contributed by atoms with van der Waals surface area (Å²) in [5.74, 6) is -2.24. The topological polar surface area (TPSA) is 115 Å². The summed E-state index contributed by atoms with van der Waals surface area (Å²) in [4.78, 5) is 27.1. The van der Waals surface area contributed by atoms with Crippen molar-refractivity contribution in [1.29, 1.82) is 5.26 Å². The van der Waals surface area contributed by atoms with Gasteiger partial charge in [-0.3, -0.25) is 4.79 Å². The molecule has 3 rings (SSSR count). The number of nitrogens with zero attached hydrogens (tertiary/aromatic N) is 5. The number of hydrogen-bond donors (Lipinski definition) is 0. The minimum atomic E-state index is -4.58. The monoisotopic (exact) mass is 457 g/mol. The van der Waals surface area contributed by atoms with E-state index < -0.39 is 44.5 Å². The Morgan fingerprint density at radius 3 is 2.70 bits per heavy atom. The molecule has 156 valence electrons. The van der Waals surface area contributed by atoms with Crippen molar-refractivity contribution >= 4 is 39.0 Å². The Kier molecular flexibility index (Phi) is 5.78. The Morgan fingerprint density at radius 1 is 1.43 bits per heavy atom. The van der Waals surface area contributed by atoms with Gasteiger partial charge in [0.1, 0.15) is 21.5 Å². The Balaban J connectivity index is 2.21. The van der Waals surface area contributed by atoms with Crippen LogP contribution in [0.2, 0.25) is 5.02 Å². The molecule has 0 fully saturated rings. The third-order valence-electron chi connectivity index (χ3n) is 4.12. The van der Waals surface area contributed by atoms with E-state index in [0.29, 0.717) is 11.1 Å². The van der Waals surface area contributed by atoms with E-state index in [1.54, 1.807) is 13.0 Å². The van der Waals surface area contributed by atoms with Gasteiger partial charge in [-0.1, -0.05) is 18.5 Å². The maximum absolute atomic E-state index is 12.9. The summed E-state index contributed by atoms with van der Waals surface area (Å²) in [5.41, 5.74) is -2.19. The SMILES string of the molecule is CCCn1nc([N+](=O)[O-])c([C@H](C#N)c2nc3cc(C(F)(F)F)ccc3s2)c(Cl)c1=O. The lowest BCUT2D eigenvalue weighted by Gasteiger charge is -2.09. The van der Waals surface area contributed by atoms with E-state index in [-0.39, 0.29) is 17.1 Å². The van der Waals surface area contributed by atoms with Crippen LogP contribution < -0.4 is 5.56 Å². The second-order valence-electron chi connectivity index (χ2n) is 6.13. The second-order valence-corrected chi connectivity index (χ2v) is 7.57. The lowest BCUT2D eigenvalue weighted by atomic mass is 10.0. The summed E-state index contributed by atoms with van der Waals surface area (Å²) in [6.45, 7) is 1.81. The smallest absolute Gasteiger partial charge is 0.358 e. The zero-order chi connectivity index (χ0) is 22.2. The normalized spacial score (nSPS) is 12.7. The third-order valence-corrected chi connectivity index (χ3v) is 5.59. The highest BCUT2D eigenvalue weighted by molar-refractivity contribution is 7.18. The number of halogens is 4. The summed E-state index contributed by atoms with van der Waals surface area (Å²) < 4.78 is 40.0. The van der Waals surface area contributed by atoms with Gasteiger partial charge < -0.3 is 10.1 Å². The fourth-order valence-corrected chi connectivity index (χ4v) is 4.08. The van der Waals surface area contributed by atoms with E-state index in [4.69, 9.17) is 11.6 Å². The number of nitriles is 1. The highest BCUT2D eigenvalue weighted by Crippen LogP contribution is 2.39. The number of aryl methyl sites for hydroxylation is 1. The molecule has 0 spiro atoms. The van der Waals surface area contributed by atoms with Gasteiger partial charge in [-0.25, -0.2) is 4.98 Å². The molecule has 0 saturated heterocycles. The lowest BCUT2D eigenvalue weighted by Crippen LogP contribution is -2.27. The van der Waals surface area contributed by atoms with E-state index in [0.717, 1.165) is 28.2 Å². The third kappa shape index (κ3) is 3.86. The molecule has 13 heteroatoms. The van der Waals surface area contributed by atoms with Crippen LogP contribution in [-0.2, 0) is 12.7 Å². The summed E-state index contributed by atoms with van der Waals surface area (Å²) in [7, 11) is 0. The molecular weight excluding hydrogens is 447 g/mol. The predicted molar refractivity (Wildman–Crippen MR) is 103 cm³/mol. The van der Waals surface area contributed by atoms with Crippen LogP contribution in [0.1, 0.15) is 35.4 Å². The van der Waals surface area contributed by atoms with Crippen molar-refractivity contribution < 1.29 is 18.1 Å². The highest BCUT2D eigenvalue weighted by atomic mass is 35.5. The highest BCUT2D eigenvalue weighted by Gasteiger charge is 2.35.